The molecule has 0 bridgehead atoms. The van der Waals surface area contributed by atoms with E-state index in [-0.39, 0.29) is 0 Å². The van der Waals surface area contributed by atoms with Gasteiger partial charge in [-0.1, -0.05) is 30.3 Å². The first-order chi connectivity index (χ1) is 12.0. The number of hydrogen-bond donors (Lipinski definition) is 2. The SMILES string of the molecule is COC(=O)C(CO)OC(OC(C#N)c1ccccc1)C(O)C(=O)OC. The monoisotopic (exact) mass is 353 g/mol. The molecule has 4 unspecified atom stereocenters. The number of carbonyl (C=O) groups excluding carboxylic acids is 2. The molecule has 25 heavy (non-hydrogen) atoms. The van der Waals surface area contributed by atoms with Crippen molar-refractivity contribution in [3.05, 3.63) is 35.9 Å². The number of benzene rings is 1. The first-order valence-electron chi connectivity index (χ1n) is 7.18. The van der Waals surface area contributed by atoms with Gasteiger partial charge >= 0.3 is 11.9 Å². The summed E-state index contributed by atoms with van der Waals surface area (Å²) in [4.78, 5) is 23.1. The van der Waals surface area contributed by atoms with Crippen molar-refractivity contribution < 1.29 is 38.7 Å². The molecule has 1 rings (SSSR count). The largest absolute Gasteiger partial charge is 0.467 e. The zero-order chi connectivity index (χ0) is 18.8. The molecule has 0 amide bonds. The lowest BCUT2D eigenvalue weighted by Crippen LogP contribution is -2.44. The van der Waals surface area contributed by atoms with Gasteiger partial charge in [-0.25, -0.2) is 9.59 Å². The molecule has 0 aliphatic carbocycles. The highest BCUT2D eigenvalue weighted by atomic mass is 16.7. The lowest BCUT2D eigenvalue weighted by atomic mass is 10.1. The number of nitrogens with zero attached hydrogens (tertiary/aromatic N) is 1. The zero-order valence-electron chi connectivity index (χ0n) is 13.7. The van der Waals surface area contributed by atoms with Crippen molar-refractivity contribution in [3.8, 4) is 6.07 Å². The van der Waals surface area contributed by atoms with Gasteiger partial charge in [0.1, 0.15) is 0 Å². The van der Waals surface area contributed by atoms with Crippen molar-refractivity contribution in [2.45, 2.75) is 24.6 Å². The number of rotatable bonds is 9. The minimum Gasteiger partial charge on any atom is -0.467 e. The van der Waals surface area contributed by atoms with E-state index in [0.717, 1.165) is 14.2 Å². The number of carbonyl (C=O) groups is 2. The summed E-state index contributed by atoms with van der Waals surface area (Å²) in [6, 6.07) is 10.1. The standard InChI is InChI=1S/C16H19NO8/c1-22-14(20)12(9-18)25-16(13(19)15(21)23-2)24-11(8-17)10-6-4-3-5-7-10/h3-7,11-13,16,18-19H,9H2,1-2H3. The second kappa shape index (κ2) is 10.4. The van der Waals surface area contributed by atoms with Crippen LogP contribution in [0, 0.1) is 11.3 Å². The second-order valence-corrected chi connectivity index (χ2v) is 4.72. The van der Waals surface area contributed by atoms with Crippen molar-refractivity contribution in [3.63, 3.8) is 0 Å². The normalized spacial score (nSPS) is 15.3. The summed E-state index contributed by atoms with van der Waals surface area (Å²) >= 11 is 0. The fraction of sp³-hybridized carbons (Fsp3) is 0.438. The number of ether oxygens (including phenoxy) is 4. The summed E-state index contributed by atoms with van der Waals surface area (Å²) in [5.41, 5.74) is 0.439. The van der Waals surface area contributed by atoms with E-state index in [9.17, 15) is 25.1 Å². The molecule has 0 aliphatic rings. The van der Waals surface area contributed by atoms with Crippen LogP contribution in [0.5, 0.6) is 0 Å². The molecule has 2 N–H and O–H groups in total. The van der Waals surface area contributed by atoms with Crippen LogP contribution in [0.1, 0.15) is 11.7 Å². The van der Waals surface area contributed by atoms with E-state index in [1.54, 1.807) is 30.3 Å². The third-order valence-corrected chi connectivity index (χ3v) is 3.12. The highest BCUT2D eigenvalue weighted by Gasteiger charge is 2.36. The van der Waals surface area contributed by atoms with E-state index in [1.165, 1.54) is 0 Å². The molecule has 0 saturated heterocycles. The Balaban J connectivity index is 3.03. The van der Waals surface area contributed by atoms with E-state index < -0.39 is 43.1 Å². The van der Waals surface area contributed by atoms with Gasteiger partial charge in [-0.2, -0.15) is 5.26 Å². The summed E-state index contributed by atoms with van der Waals surface area (Å²) in [7, 11) is 2.11. The average molecular weight is 353 g/mol. The Kier molecular flexibility index (Phi) is 8.52. The zero-order valence-corrected chi connectivity index (χ0v) is 13.7. The Morgan fingerprint density at radius 1 is 1.12 bits per heavy atom. The van der Waals surface area contributed by atoms with E-state index in [0.29, 0.717) is 5.56 Å². The maximum absolute atomic E-state index is 11.6. The summed E-state index contributed by atoms with van der Waals surface area (Å²) < 4.78 is 19.3. The Morgan fingerprint density at radius 3 is 2.20 bits per heavy atom. The quantitative estimate of drug-likeness (QED) is 0.452. The number of esters is 2. The minimum atomic E-state index is -1.96. The van der Waals surface area contributed by atoms with Crippen molar-refractivity contribution in [2.75, 3.05) is 20.8 Å². The molecule has 9 heteroatoms. The van der Waals surface area contributed by atoms with Crippen LogP contribution in [0.15, 0.2) is 30.3 Å². The van der Waals surface area contributed by atoms with Crippen molar-refractivity contribution in [1.29, 1.82) is 5.26 Å². The molecule has 0 radical (unpaired) electrons. The summed E-state index contributed by atoms with van der Waals surface area (Å²) in [6.07, 6.45) is -6.44. The first kappa shape index (κ1) is 20.5. The van der Waals surface area contributed by atoms with Gasteiger partial charge in [-0.15, -0.1) is 0 Å². The average Bonchev–Trinajstić information content (AvgIpc) is 2.67. The lowest BCUT2D eigenvalue weighted by Gasteiger charge is -2.27. The Hall–Kier alpha value is -2.51. The smallest absolute Gasteiger partial charge is 0.340 e. The highest BCUT2D eigenvalue weighted by Crippen LogP contribution is 2.21. The van der Waals surface area contributed by atoms with Crippen LogP contribution in [0.3, 0.4) is 0 Å². The minimum absolute atomic E-state index is 0.439. The molecular weight excluding hydrogens is 334 g/mol. The topological polar surface area (TPSA) is 135 Å². The van der Waals surface area contributed by atoms with Crippen LogP contribution >= 0.6 is 0 Å². The van der Waals surface area contributed by atoms with Crippen LogP contribution in [0.25, 0.3) is 0 Å². The summed E-state index contributed by atoms with van der Waals surface area (Å²) in [5, 5.41) is 28.5. The summed E-state index contributed by atoms with van der Waals surface area (Å²) in [5.74, 6) is -2.04. The van der Waals surface area contributed by atoms with Crippen LogP contribution in [0.2, 0.25) is 0 Å². The fourth-order valence-electron chi connectivity index (χ4n) is 1.82. The molecule has 1 aromatic carbocycles. The second-order valence-electron chi connectivity index (χ2n) is 4.72. The van der Waals surface area contributed by atoms with Gasteiger partial charge in [0.25, 0.3) is 0 Å². The molecule has 136 valence electrons. The lowest BCUT2D eigenvalue weighted by molar-refractivity contribution is -0.240. The summed E-state index contributed by atoms with van der Waals surface area (Å²) in [6.45, 7) is -0.789. The maximum atomic E-state index is 11.6. The first-order valence-corrected chi connectivity index (χ1v) is 7.18. The predicted molar refractivity (Wildman–Crippen MR) is 81.7 cm³/mol. The molecule has 4 atom stereocenters. The molecule has 0 fully saturated rings. The van der Waals surface area contributed by atoms with Gasteiger partial charge in [0.15, 0.2) is 18.5 Å². The molecule has 1 aromatic rings. The van der Waals surface area contributed by atoms with Crippen molar-refractivity contribution in [1.82, 2.24) is 0 Å². The number of hydrogen-bond acceptors (Lipinski definition) is 9. The highest BCUT2D eigenvalue weighted by molar-refractivity contribution is 5.76. The Morgan fingerprint density at radius 2 is 1.72 bits per heavy atom. The van der Waals surface area contributed by atoms with Gasteiger partial charge in [0.05, 0.1) is 26.9 Å². The van der Waals surface area contributed by atoms with E-state index in [1.807, 2.05) is 6.07 Å². The molecule has 0 aliphatic heterocycles. The van der Waals surface area contributed by atoms with Gasteiger partial charge in [0, 0.05) is 0 Å². The molecule has 9 nitrogen and oxygen atoms in total. The van der Waals surface area contributed by atoms with E-state index in [4.69, 9.17) is 9.47 Å². The van der Waals surface area contributed by atoms with Crippen LogP contribution in [-0.2, 0) is 28.5 Å². The molecule has 0 spiro atoms. The van der Waals surface area contributed by atoms with Gasteiger partial charge in [-0.05, 0) is 5.56 Å². The predicted octanol–water partition coefficient (Wildman–Crippen LogP) is -0.322. The maximum Gasteiger partial charge on any atom is 0.340 e. The van der Waals surface area contributed by atoms with Crippen LogP contribution < -0.4 is 0 Å². The number of aliphatic hydroxyl groups excluding tert-OH is 2. The van der Waals surface area contributed by atoms with Crippen molar-refractivity contribution in [2.24, 2.45) is 0 Å². The Labute approximate surface area is 144 Å². The molecular formula is C16H19NO8. The fourth-order valence-corrected chi connectivity index (χ4v) is 1.82. The number of nitriles is 1. The van der Waals surface area contributed by atoms with Gasteiger partial charge in [-0.3, -0.25) is 0 Å². The van der Waals surface area contributed by atoms with Crippen LogP contribution in [0.4, 0.5) is 0 Å². The molecule has 0 aromatic heterocycles. The molecule has 0 heterocycles. The number of methoxy groups -OCH3 is 2. The van der Waals surface area contributed by atoms with Gasteiger partial charge < -0.3 is 29.2 Å². The third kappa shape index (κ3) is 5.81. The Bertz CT molecular complexity index is 600. The third-order valence-electron chi connectivity index (χ3n) is 3.12. The van der Waals surface area contributed by atoms with E-state index >= 15 is 0 Å². The van der Waals surface area contributed by atoms with Crippen LogP contribution in [-0.4, -0.2) is 61.5 Å². The molecule has 0 saturated carbocycles. The number of aliphatic hydroxyl groups is 2. The van der Waals surface area contributed by atoms with Crippen molar-refractivity contribution >= 4 is 11.9 Å². The van der Waals surface area contributed by atoms with E-state index in [2.05, 4.69) is 9.47 Å². The van der Waals surface area contributed by atoms with Gasteiger partial charge in [0.2, 0.25) is 6.10 Å².